The second-order valence-corrected chi connectivity index (χ2v) is 7.77. The van der Waals surface area contributed by atoms with Gasteiger partial charge in [0, 0.05) is 10.9 Å². The van der Waals surface area contributed by atoms with E-state index >= 15 is 0 Å². The van der Waals surface area contributed by atoms with Gasteiger partial charge < -0.3 is 11.1 Å². The Morgan fingerprint density at radius 3 is 2.64 bits per heavy atom. The number of aromatic nitrogens is 3. The quantitative estimate of drug-likeness (QED) is 0.563. The van der Waals surface area contributed by atoms with Crippen molar-refractivity contribution in [1.82, 2.24) is 15.0 Å². The molecule has 3 aromatic heterocycles. The summed E-state index contributed by atoms with van der Waals surface area (Å²) in [5.41, 5.74) is 7.82. The summed E-state index contributed by atoms with van der Waals surface area (Å²) < 4.78 is 13.9. The first-order valence-corrected chi connectivity index (χ1v) is 9.00. The molecule has 1 atom stereocenters. The van der Waals surface area contributed by atoms with Gasteiger partial charge in [-0.1, -0.05) is 11.3 Å². The number of thiazole rings is 1. The monoisotopic (exact) mass is 443 g/mol. The van der Waals surface area contributed by atoms with E-state index in [4.69, 9.17) is 17.3 Å². The maximum absolute atomic E-state index is 13.0. The molecule has 0 radical (unpaired) electrons. The van der Waals surface area contributed by atoms with Gasteiger partial charge in [-0.2, -0.15) is 9.37 Å². The Bertz CT molecular complexity index is 852. The standard InChI is InChI=1S/C14H15ClFN5S2.2ClH/c1-6(17)3-8-7(2)11-12(22-8)13(21-14(15)20-11)19-5-10-18-4-9(16)23-10;;/h4,6H,3,5,17H2,1-2H3,(H,19,20,21);2*1H/t6-;;/m0../s1. The largest absolute Gasteiger partial charge is 0.362 e. The predicted octanol–water partition coefficient (Wildman–Crippen LogP) is 4.59. The van der Waals surface area contributed by atoms with E-state index in [0.717, 1.165) is 33.5 Å². The van der Waals surface area contributed by atoms with Gasteiger partial charge in [0.15, 0.2) is 5.13 Å². The van der Waals surface area contributed by atoms with Crippen LogP contribution in [0.1, 0.15) is 22.4 Å². The number of anilines is 1. The Kier molecular flexibility index (Phi) is 8.24. The fourth-order valence-corrected chi connectivity index (χ4v) is 4.34. The van der Waals surface area contributed by atoms with Crippen LogP contribution in [0.2, 0.25) is 5.28 Å². The van der Waals surface area contributed by atoms with Gasteiger partial charge >= 0.3 is 0 Å². The fourth-order valence-electron chi connectivity index (χ4n) is 2.24. The SMILES string of the molecule is Cc1c(C[C@H](C)N)sc2c(NCc3ncc(F)s3)nc(Cl)nc12.Cl.Cl. The van der Waals surface area contributed by atoms with Gasteiger partial charge in [-0.05, 0) is 37.4 Å². The number of aryl methyl sites for hydroxylation is 1. The maximum Gasteiger partial charge on any atom is 0.224 e. The van der Waals surface area contributed by atoms with Gasteiger partial charge in [-0.15, -0.1) is 36.2 Å². The highest BCUT2D eigenvalue weighted by Gasteiger charge is 2.16. The molecule has 0 aliphatic heterocycles. The normalized spacial score (nSPS) is 11.7. The van der Waals surface area contributed by atoms with Gasteiger partial charge in [-0.25, -0.2) is 9.97 Å². The first kappa shape index (κ1) is 22.3. The first-order chi connectivity index (χ1) is 10.9. The van der Waals surface area contributed by atoms with Crippen LogP contribution >= 0.6 is 59.1 Å². The molecule has 0 amide bonds. The summed E-state index contributed by atoms with van der Waals surface area (Å²) in [6, 6.07) is 0.0693. The van der Waals surface area contributed by atoms with E-state index in [1.54, 1.807) is 11.3 Å². The fraction of sp³-hybridized carbons (Fsp3) is 0.357. The molecule has 3 rings (SSSR count). The van der Waals surface area contributed by atoms with Gasteiger partial charge in [0.25, 0.3) is 0 Å². The average Bonchev–Trinajstić information content (AvgIpc) is 3.02. The Hall–Kier alpha value is -0.770. The third-order valence-corrected chi connectivity index (χ3v) is 5.54. The van der Waals surface area contributed by atoms with Crippen LogP contribution in [0, 0.1) is 12.1 Å². The molecule has 0 fully saturated rings. The number of nitrogens with one attached hydrogen (secondary N) is 1. The third kappa shape index (κ3) is 5.12. The molecule has 0 aliphatic carbocycles. The molecule has 0 spiro atoms. The Morgan fingerprint density at radius 2 is 2.04 bits per heavy atom. The van der Waals surface area contributed by atoms with Crippen molar-refractivity contribution >= 4 is 75.1 Å². The van der Waals surface area contributed by atoms with Crippen molar-refractivity contribution in [2.45, 2.75) is 32.9 Å². The maximum atomic E-state index is 13.0. The lowest BCUT2D eigenvalue weighted by atomic mass is 10.1. The number of nitrogens with two attached hydrogens (primary N) is 1. The Morgan fingerprint density at radius 1 is 1.32 bits per heavy atom. The van der Waals surface area contributed by atoms with Crippen LogP contribution in [0.5, 0.6) is 0 Å². The molecule has 0 aromatic carbocycles. The lowest BCUT2D eigenvalue weighted by Gasteiger charge is -2.05. The Labute approximate surface area is 170 Å². The molecule has 0 bridgehead atoms. The zero-order valence-corrected chi connectivity index (χ0v) is 17.4. The van der Waals surface area contributed by atoms with Crippen molar-refractivity contribution in [3.8, 4) is 0 Å². The summed E-state index contributed by atoms with van der Waals surface area (Å²) in [5.74, 6) is 0.639. The van der Waals surface area contributed by atoms with Crippen LogP contribution in [0.4, 0.5) is 10.2 Å². The average molecular weight is 445 g/mol. The topological polar surface area (TPSA) is 76.7 Å². The molecule has 0 unspecified atom stereocenters. The van der Waals surface area contributed by atoms with E-state index in [9.17, 15) is 4.39 Å². The first-order valence-electron chi connectivity index (χ1n) is 6.99. The zero-order chi connectivity index (χ0) is 16.6. The highest BCUT2D eigenvalue weighted by atomic mass is 35.5. The lowest BCUT2D eigenvalue weighted by molar-refractivity contribution is 0.653. The van der Waals surface area contributed by atoms with Crippen molar-refractivity contribution in [3.05, 3.63) is 32.1 Å². The Balaban J connectivity index is 0.00000156. The smallest absolute Gasteiger partial charge is 0.224 e. The van der Waals surface area contributed by atoms with Crippen molar-refractivity contribution in [3.63, 3.8) is 0 Å². The summed E-state index contributed by atoms with van der Waals surface area (Å²) >= 11 is 8.66. The van der Waals surface area contributed by atoms with Crippen LogP contribution in [-0.2, 0) is 13.0 Å². The number of hydrogen-bond donors (Lipinski definition) is 2. The number of halogens is 4. The number of fused-ring (bicyclic) bond motifs is 1. The predicted molar refractivity (Wildman–Crippen MR) is 108 cm³/mol. The van der Waals surface area contributed by atoms with Crippen LogP contribution in [0.25, 0.3) is 10.2 Å². The van der Waals surface area contributed by atoms with Gasteiger partial charge in [0.05, 0.1) is 23.0 Å². The lowest BCUT2D eigenvalue weighted by Crippen LogP contribution is -2.17. The van der Waals surface area contributed by atoms with Crippen molar-refractivity contribution < 1.29 is 4.39 Å². The highest BCUT2D eigenvalue weighted by Crippen LogP contribution is 2.35. The minimum absolute atomic E-state index is 0. The van der Waals surface area contributed by atoms with Crippen LogP contribution in [0.3, 0.4) is 0 Å². The molecule has 0 aliphatic rings. The molecular formula is C14H17Cl3FN5S2. The number of thiophene rings is 1. The zero-order valence-electron chi connectivity index (χ0n) is 13.4. The van der Waals surface area contributed by atoms with Crippen molar-refractivity contribution in [2.24, 2.45) is 5.73 Å². The molecule has 138 valence electrons. The summed E-state index contributed by atoms with van der Waals surface area (Å²) in [6.07, 6.45) is 1.99. The van der Waals surface area contributed by atoms with Gasteiger partial charge in [-0.3, -0.25) is 0 Å². The number of nitrogens with zero attached hydrogens (tertiary/aromatic N) is 3. The van der Waals surface area contributed by atoms with Crippen LogP contribution in [-0.4, -0.2) is 21.0 Å². The molecule has 25 heavy (non-hydrogen) atoms. The third-order valence-electron chi connectivity index (χ3n) is 3.28. The van der Waals surface area contributed by atoms with E-state index in [1.807, 2.05) is 13.8 Å². The molecular weight excluding hydrogens is 428 g/mol. The molecule has 11 heteroatoms. The van der Waals surface area contributed by atoms with Crippen LogP contribution < -0.4 is 11.1 Å². The number of rotatable bonds is 5. The molecule has 0 saturated heterocycles. The van der Waals surface area contributed by atoms with E-state index < -0.39 is 0 Å². The summed E-state index contributed by atoms with van der Waals surface area (Å²) in [4.78, 5) is 13.8. The summed E-state index contributed by atoms with van der Waals surface area (Å²) in [5, 5.41) is 3.70. The minimum atomic E-state index is -0.307. The van der Waals surface area contributed by atoms with Crippen molar-refractivity contribution in [1.29, 1.82) is 0 Å². The highest BCUT2D eigenvalue weighted by molar-refractivity contribution is 7.19. The van der Waals surface area contributed by atoms with E-state index in [1.165, 1.54) is 11.1 Å². The summed E-state index contributed by atoms with van der Waals surface area (Å²) in [6.45, 7) is 4.37. The molecule has 5 nitrogen and oxygen atoms in total. The van der Waals surface area contributed by atoms with E-state index in [-0.39, 0.29) is 41.3 Å². The second kappa shape index (κ2) is 9.25. The minimum Gasteiger partial charge on any atom is -0.362 e. The van der Waals surface area contributed by atoms with Crippen molar-refractivity contribution in [2.75, 3.05) is 5.32 Å². The van der Waals surface area contributed by atoms with Gasteiger partial charge in [0.2, 0.25) is 5.28 Å². The van der Waals surface area contributed by atoms with E-state index in [0.29, 0.717) is 17.4 Å². The summed E-state index contributed by atoms with van der Waals surface area (Å²) in [7, 11) is 0. The van der Waals surface area contributed by atoms with Gasteiger partial charge in [0.1, 0.15) is 10.8 Å². The van der Waals surface area contributed by atoms with E-state index in [2.05, 4.69) is 20.3 Å². The molecule has 3 heterocycles. The van der Waals surface area contributed by atoms with Crippen LogP contribution in [0.15, 0.2) is 6.20 Å². The molecule has 3 N–H and O–H groups in total. The molecule has 0 saturated carbocycles. The second-order valence-electron chi connectivity index (χ2n) is 5.26. The number of hydrogen-bond acceptors (Lipinski definition) is 7. The molecule has 3 aromatic rings.